The van der Waals surface area contributed by atoms with Crippen molar-refractivity contribution in [2.75, 3.05) is 7.11 Å². The van der Waals surface area contributed by atoms with Gasteiger partial charge in [-0.3, -0.25) is 4.79 Å². The fourth-order valence-corrected chi connectivity index (χ4v) is 5.21. The van der Waals surface area contributed by atoms with Crippen LogP contribution in [0.1, 0.15) is 45.8 Å². The van der Waals surface area contributed by atoms with Gasteiger partial charge in [0.2, 0.25) is 12.1 Å². The second kappa shape index (κ2) is 6.99. The van der Waals surface area contributed by atoms with E-state index < -0.39 is 41.3 Å². The van der Waals surface area contributed by atoms with Crippen molar-refractivity contribution in [3.8, 4) is 0 Å². The fourth-order valence-electron chi connectivity index (χ4n) is 5.21. The molecule has 7 heteroatoms. The molecule has 1 spiro atoms. The van der Waals surface area contributed by atoms with Gasteiger partial charge in [-0.15, -0.1) is 0 Å². The standard InChI is InChI=1S/C23H28O7/c1-13-12-22(23(26)14(2)11-16(24)18(29-22)21(23,3)4)30-20(13)28-19(25)17(27-5)15-9-7-6-8-10-15/h6-11,13,17-18,20,26H,12H2,1-5H3/t13-,17+,18+,20-,22+,23+/m0/s1. The Morgan fingerprint density at radius 2 is 1.90 bits per heavy atom. The average Bonchev–Trinajstić information content (AvgIpc) is 3.06. The maximum Gasteiger partial charge on any atom is 0.342 e. The highest BCUT2D eigenvalue weighted by Gasteiger charge is 2.76. The molecule has 3 aliphatic rings. The second-order valence-corrected chi connectivity index (χ2v) is 9.04. The summed E-state index contributed by atoms with van der Waals surface area (Å²) in [5.74, 6) is -2.51. The van der Waals surface area contributed by atoms with Gasteiger partial charge < -0.3 is 24.1 Å². The summed E-state index contributed by atoms with van der Waals surface area (Å²) in [4.78, 5) is 25.4. The van der Waals surface area contributed by atoms with Crippen molar-refractivity contribution in [3.63, 3.8) is 0 Å². The Kier molecular flexibility index (Phi) is 4.93. The molecule has 0 amide bonds. The number of hydrogen-bond donors (Lipinski definition) is 1. The predicted octanol–water partition coefficient (Wildman–Crippen LogP) is 2.68. The lowest BCUT2D eigenvalue weighted by Crippen LogP contribution is -2.60. The minimum atomic E-state index is -1.52. The topological polar surface area (TPSA) is 91.3 Å². The van der Waals surface area contributed by atoms with E-state index in [0.717, 1.165) is 0 Å². The third-order valence-electron chi connectivity index (χ3n) is 6.78. The third-order valence-corrected chi connectivity index (χ3v) is 6.78. The van der Waals surface area contributed by atoms with E-state index in [2.05, 4.69) is 0 Å². The number of rotatable bonds is 4. The number of esters is 1. The van der Waals surface area contributed by atoms with Crippen LogP contribution in [0.25, 0.3) is 0 Å². The van der Waals surface area contributed by atoms with Crippen LogP contribution in [0.15, 0.2) is 42.0 Å². The van der Waals surface area contributed by atoms with E-state index in [1.54, 1.807) is 32.9 Å². The molecular weight excluding hydrogens is 388 g/mol. The molecule has 2 bridgehead atoms. The van der Waals surface area contributed by atoms with E-state index in [1.165, 1.54) is 13.2 Å². The normalized spacial score (nSPS) is 37.9. The maximum atomic E-state index is 12.8. The Morgan fingerprint density at radius 1 is 1.23 bits per heavy atom. The van der Waals surface area contributed by atoms with Crippen LogP contribution in [0.4, 0.5) is 0 Å². The molecule has 2 aliphatic heterocycles. The molecule has 0 saturated carbocycles. The van der Waals surface area contributed by atoms with Crippen molar-refractivity contribution < 1.29 is 33.6 Å². The maximum absolute atomic E-state index is 12.8. The highest BCUT2D eigenvalue weighted by Crippen LogP contribution is 2.62. The van der Waals surface area contributed by atoms with Gasteiger partial charge in [-0.2, -0.15) is 0 Å². The van der Waals surface area contributed by atoms with Crippen molar-refractivity contribution in [3.05, 3.63) is 47.5 Å². The van der Waals surface area contributed by atoms with Crippen LogP contribution in [-0.2, 0) is 28.5 Å². The molecule has 7 nitrogen and oxygen atoms in total. The van der Waals surface area contributed by atoms with E-state index in [4.69, 9.17) is 18.9 Å². The number of ether oxygens (including phenoxy) is 4. The fraction of sp³-hybridized carbons (Fsp3) is 0.565. The summed E-state index contributed by atoms with van der Waals surface area (Å²) in [5.41, 5.74) is -1.25. The second-order valence-electron chi connectivity index (χ2n) is 9.04. The molecule has 2 heterocycles. The monoisotopic (exact) mass is 416 g/mol. The van der Waals surface area contributed by atoms with Crippen LogP contribution < -0.4 is 0 Å². The summed E-state index contributed by atoms with van der Waals surface area (Å²) in [5, 5.41) is 11.8. The SMILES string of the molecule is CO[C@@H](C(=O)O[C@H]1O[C@@]2(C[C@@H]1C)O[C@@H]1C(=O)C=C(C)[C@@]2(O)C1(C)C)c1ccccc1. The molecule has 2 fully saturated rings. The van der Waals surface area contributed by atoms with E-state index in [1.807, 2.05) is 25.1 Å². The zero-order valence-electron chi connectivity index (χ0n) is 17.9. The van der Waals surface area contributed by atoms with Crippen LogP contribution in [0.5, 0.6) is 0 Å². The molecular formula is C23H28O7. The minimum Gasteiger partial charge on any atom is -0.433 e. The van der Waals surface area contributed by atoms with Gasteiger partial charge >= 0.3 is 5.97 Å². The number of aliphatic hydroxyl groups is 1. The van der Waals surface area contributed by atoms with Crippen molar-refractivity contribution in [1.29, 1.82) is 0 Å². The summed E-state index contributed by atoms with van der Waals surface area (Å²) in [6.45, 7) is 7.16. The Balaban J connectivity index is 1.59. The molecule has 1 N–H and O–H groups in total. The quantitative estimate of drug-likeness (QED) is 0.755. The van der Waals surface area contributed by atoms with Gasteiger partial charge in [-0.05, 0) is 24.1 Å². The molecule has 0 aromatic heterocycles. The summed E-state index contributed by atoms with van der Waals surface area (Å²) >= 11 is 0. The number of hydrogen-bond acceptors (Lipinski definition) is 7. The van der Waals surface area contributed by atoms with Crippen LogP contribution in [-0.4, -0.2) is 47.8 Å². The molecule has 1 aromatic carbocycles. The first-order chi connectivity index (χ1) is 14.1. The lowest BCUT2D eigenvalue weighted by molar-refractivity contribution is -0.300. The van der Waals surface area contributed by atoms with Crippen molar-refractivity contribution >= 4 is 11.8 Å². The zero-order valence-corrected chi connectivity index (χ0v) is 17.9. The Hall–Kier alpha value is -2.06. The van der Waals surface area contributed by atoms with Crippen LogP contribution >= 0.6 is 0 Å². The number of benzene rings is 1. The molecule has 4 rings (SSSR count). The van der Waals surface area contributed by atoms with Gasteiger partial charge in [0.05, 0.1) is 0 Å². The average molecular weight is 416 g/mol. The number of fused-ring (bicyclic) bond motifs is 3. The van der Waals surface area contributed by atoms with Crippen molar-refractivity contribution in [2.45, 2.75) is 64.0 Å². The van der Waals surface area contributed by atoms with Crippen LogP contribution in [0.3, 0.4) is 0 Å². The molecule has 0 unspecified atom stereocenters. The van der Waals surface area contributed by atoms with Crippen LogP contribution in [0, 0.1) is 11.3 Å². The van der Waals surface area contributed by atoms with Gasteiger partial charge in [0, 0.05) is 24.9 Å². The van der Waals surface area contributed by atoms with Gasteiger partial charge in [0.25, 0.3) is 0 Å². The highest BCUT2D eigenvalue weighted by atomic mass is 16.8. The molecule has 1 aromatic rings. The van der Waals surface area contributed by atoms with Gasteiger partial charge in [-0.25, -0.2) is 4.79 Å². The summed E-state index contributed by atoms with van der Waals surface area (Å²) in [7, 11) is 1.44. The molecule has 6 atom stereocenters. The number of methoxy groups -OCH3 is 1. The molecule has 1 aliphatic carbocycles. The third kappa shape index (κ3) is 2.73. The smallest absolute Gasteiger partial charge is 0.342 e. The predicted molar refractivity (Wildman–Crippen MR) is 106 cm³/mol. The first kappa shape index (κ1) is 21.2. The molecule has 2 saturated heterocycles. The van der Waals surface area contributed by atoms with Gasteiger partial charge in [0.15, 0.2) is 11.9 Å². The Labute approximate surface area is 175 Å². The van der Waals surface area contributed by atoms with Crippen LogP contribution in [0.2, 0.25) is 0 Å². The lowest BCUT2D eigenvalue weighted by atomic mass is 9.61. The van der Waals surface area contributed by atoms with E-state index >= 15 is 0 Å². The molecule has 162 valence electrons. The van der Waals surface area contributed by atoms with Gasteiger partial charge in [0.1, 0.15) is 11.7 Å². The Morgan fingerprint density at radius 3 is 2.53 bits per heavy atom. The Bertz CT molecular complexity index is 892. The first-order valence-electron chi connectivity index (χ1n) is 10.2. The van der Waals surface area contributed by atoms with E-state index in [-0.39, 0.29) is 18.1 Å². The van der Waals surface area contributed by atoms with Crippen molar-refractivity contribution in [2.24, 2.45) is 11.3 Å². The lowest BCUT2D eigenvalue weighted by Gasteiger charge is -2.45. The van der Waals surface area contributed by atoms with E-state index in [0.29, 0.717) is 11.1 Å². The summed E-state index contributed by atoms with van der Waals surface area (Å²) in [6, 6.07) is 9.04. The largest absolute Gasteiger partial charge is 0.433 e. The van der Waals surface area contributed by atoms with E-state index in [9.17, 15) is 14.7 Å². The molecule has 30 heavy (non-hydrogen) atoms. The highest BCUT2D eigenvalue weighted by molar-refractivity contribution is 5.97. The first-order valence-corrected chi connectivity index (χ1v) is 10.2. The molecule has 0 radical (unpaired) electrons. The zero-order chi connectivity index (χ0) is 21.9. The number of carbonyl (C=O) groups excluding carboxylic acids is 2. The van der Waals surface area contributed by atoms with Crippen molar-refractivity contribution in [1.82, 2.24) is 0 Å². The summed E-state index contributed by atoms with van der Waals surface area (Å²) < 4.78 is 23.2. The summed E-state index contributed by atoms with van der Waals surface area (Å²) in [6.07, 6.45) is -0.966. The van der Waals surface area contributed by atoms with Gasteiger partial charge in [-0.1, -0.05) is 51.1 Å². The number of ketones is 1. The minimum absolute atomic E-state index is 0.195. The number of carbonyl (C=O) groups is 2.